The monoisotopic (exact) mass is 289 g/mol. The van der Waals surface area contributed by atoms with E-state index in [9.17, 15) is 15.2 Å². The van der Waals surface area contributed by atoms with E-state index in [1.165, 1.54) is 17.4 Å². The molecule has 0 radical (unpaired) electrons. The lowest BCUT2D eigenvalue weighted by Crippen LogP contribution is -2.17. The lowest BCUT2D eigenvalue weighted by Gasteiger charge is -2.20. The van der Waals surface area contributed by atoms with Crippen LogP contribution in [-0.2, 0) is 4.74 Å². The summed E-state index contributed by atoms with van der Waals surface area (Å²) < 4.78 is 5.97. The van der Waals surface area contributed by atoms with E-state index in [0.29, 0.717) is 14.3 Å². The highest BCUT2D eigenvalue weighted by molar-refractivity contribution is 8.01. The topological polar surface area (TPSA) is 72.6 Å². The number of hydrogen-bond donors (Lipinski definition) is 1. The highest BCUT2D eigenvalue weighted by Crippen LogP contribution is 2.43. The van der Waals surface area contributed by atoms with Gasteiger partial charge in [0, 0.05) is 29.4 Å². The number of aliphatic hydroxyl groups excluding tert-OH is 1. The normalized spacial score (nSPS) is 18.8. The first-order chi connectivity index (χ1) is 8.58. The summed E-state index contributed by atoms with van der Waals surface area (Å²) in [5, 5.41) is 20.9. The van der Waals surface area contributed by atoms with Gasteiger partial charge >= 0.3 is 0 Å². The Morgan fingerprint density at radius 2 is 2.28 bits per heavy atom. The molecule has 0 amide bonds. The number of thioether (sulfide) groups is 1. The molecule has 0 saturated carbocycles. The van der Waals surface area contributed by atoms with Crippen LogP contribution >= 0.6 is 23.1 Å². The maximum absolute atomic E-state index is 11.0. The summed E-state index contributed by atoms with van der Waals surface area (Å²) in [6, 6.07) is 1.48. The molecule has 0 aromatic carbocycles. The molecule has 18 heavy (non-hydrogen) atoms. The highest BCUT2D eigenvalue weighted by atomic mass is 32.2. The second-order valence-corrected chi connectivity index (χ2v) is 6.84. The van der Waals surface area contributed by atoms with Gasteiger partial charge in [0.05, 0.1) is 11.0 Å². The van der Waals surface area contributed by atoms with Crippen molar-refractivity contribution in [1.82, 2.24) is 0 Å². The van der Waals surface area contributed by atoms with Gasteiger partial charge in [0.1, 0.15) is 4.21 Å². The Morgan fingerprint density at radius 3 is 2.83 bits per heavy atom. The fourth-order valence-electron chi connectivity index (χ4n) is 1.75. The summed E-state index contributed by atoms with van der Waals surface area (Å²) in [6.07, 6.45) is 1.19. The minimum atomic E-state index is -0.655. The van der Waals surface area contributed by atoms with Crippen molar-refractivity contribution in [2.75, 3.05) is 13.2 Å². The van der Waals surface area contributed by atoms with Gasteiger partial charge in [0.25, 0.3) is 5.69 Å². The predicted molar refractivity (Wildman–Crippen MR) is 71.3 cm³/mol. The van der Waals surface area contributed by atoms with Crippen LogP contribution in [0.1, 0.15) is 30.7 Å². The zero-order valence-corrected chi connectivity index (χ0v) is 11.6. The summed E-state index contributed by atoms with van der Waals surface area (Å²) in [5.41, 5.74) is 0.118. The van der Waals surface area contributed by atoms with Crippen molar-refractivity contribution in [3.8, 4) is 0 Å². The summed E-state index contributed by atoms with van der Waals surface area (Å²) in [7, 11) is 0. The number of nitrogens with zero attached hydrogens (tertiary/aromatic N) is 1. The first-order valence-electron chi connectivity index (χ1n) is 5.78. The molecule has 2 rings (SSSR count). The standard InChI is InChI=1S/C11H15NO4S2/c1-7(13)10-6-9(12(14)15)11(18-10)17-8-2-4-16-5-3-8/h6-8,13H,2-5H2,1H3. The van der Waals surface area contributed by atoms with E-state index in [1.807, 2.05) is 0 Å². The highest BCUT2D eigenvalue weighted by Gasteiger charge is 2.25. The van der Waals surface area contributed by atoms with Crippen LogP contribution in [-0.4, -0.2) is 28.5 Å². The van der Waals surface area contributed by atoms with Crippen LogP contribution in [0, 0.1) is 10.1 Å². The van der Waals surface area contributed by atoms with Crippen molar-refractivity contribution in [3.63, 3.8) is 0 Å². The van der Waals surface area contributed by atoms with E-state index < -0.39 is 6.10 Å². The number of hydrogen-bond acceptors (Lipinski definition) is 6. The van der Waals surface area contributed by atoms with Crippen molar-refractivity contribution in [3.05, 3.63) is 21.1 Å². The number of rotatable bonds is 4. The molecule has 100 valence electrons. The molecule has 7 heteroatoms. The first-order valence-corrected chi connectivity index (χ1v) is 7.48. The van der Waals surface area contributed by atoms with Crippen molar-refractivity contribution in [2.24, 2.45) is 0 Å². The summed E-state index contributed by atoms with van der Waals surface area (Å²) in [4.78, 5) is 11.3. The van der Waals surface area contributed by atoms with Crippen LogP contribution in [0.15, 0.2) is 10.3 Å². The Hall–Kier alpha value is -0.630. The summed E-state index contributed by atoms with van der Waals surface area (Å²) >= 11 is 2.86. The third kappa shape index (κ3) is 3.23. The number of aliphatic hydroxyl groups is 1. The van der Waals surface area contributed by atoms with Crippen LogP contribution in [0.25, 0.3) is 0 Å². The van der Waals surface area contributed by atoms with Gasteiger partial charge < -0.3 is 9.84 Å². The van der Waals surface area contributed by atoms with Gasteiger partial charge in [-0.25, -0.2) is 0 Å². The largest absolute Gasteiger partial charge is 0.388 e. The van der Waals surface area contributed by atoms with Gasteiger partial charge in [0.2, 0.25) is 0 Å². The van der Waals surface area contributed by atoms with E-state index in [0.717, 1.165) is 26.1 Å². The van der Waals surface area contributed by atoms with Crippen molar-refractivity contribution in [2.45, 2.75) is 35.3 Å². The van der Waals surface area contributed by atoms with Crippen LogP contribution in [0.2, 0.25) is 0 Å². The average molecular weight is 289 g/mol. The molecule has 0 bridgehead atoms. The Bertz CT molecular complexity index is 427. The summed E-state index contributed by atoms with van der Waals surface area (Å²) in [6.45, 7) is 3.07. The van der Waals surface area contributed by atoms with Crippen LogP contribution < -0.4 is 0 Å². The van der Waals surface area contributed by atoms with E-state index in [2.05, 4.69) is 0 Å². The number of thiophene rings is 1. The Kier molecular flexibility index (Phi) is 4.60. The van der Waals surface area contributed by atoms with E-state index >= 15 is 0 Å². The minimum Gasteiger partial charge on any atom is -0.388 e. The molecular formula is C11H15NO4S2. The molecule has 1 aromatic heterocycles. The molecule has 5 nitrogen and oxygen atoms in total. The second kappa shape index (κ2) is 6.01. The molecule has 0 spiro atoms. The maximum Gasteiger partial charge on any atom is 0.294 e. The minimum absolute atomic E-state index is 0.118. The molecule has 0 aliphatic carbocycles. The average Bonchev–Trinajstić information content (AvgIpc) is 2.74. The van der Waals surface area contributed by atoms with Gasteiger partial charge in [-0.3, -0.25) is 10.1 Å². The van der Waals surface area contributed by atoms with E-state index in [1.54, 1.807) is 18.7 Å². The zero-order chi connectivity index (χ0) is 13.1. The Morgan fingerprint density at radius 1 is 1.61 bits per heavy atom. The molecule has 2 heterocycles. The SMILES string of the molecule is CC(O)c1cc([N+](=O)[O-])c(SC2CCOCC2)s1. The van der Waals surface area contributed by atoms with Gasteiger partial charge in [-0.05, 0) is 19.8 Å². The number of nitro groups is 1. The molecule has 1 fully saturated rings. The molecular weight excluding hydrogens is 274 g/mol. The van der Waals surface area contributed by atoms with E-state index in [-0.39, 0.29) is 10.6 Å². The zero-order valence-electron chi connectivity index (χ0n) is 10.00. The van der Waals surface area contributed by atoms with Gasteiger partial charge in [-0.15, -0.1) is 23.1 Å². The third-order valence-electron chi connectivity index (χ3n) is 2.75. The van der Waals surface area contributed by atoms with E-state index in [4.69, 9.17) is 4.74 Å². The first kappa shape index (κ1) is 13.8. The fourth-order valence-corrected chi connectivity index (χ4v) is 4.41. The predicted octanol–water partition coefficient (Wildman–Crippen LogP) is 2.98. The molecule has 1 aliphatic rings. The van der Waals surface area contributed by atoms with Gasteiger partial charge in [-0.1, -0.05) is 0 Å². The van der Waals surface area contributed by atoms with Crippen LogP contribution in [0.5, 0.6) is 0 Å². The molecule has 1 atom stereocenters. The van der Waals surface area contributed by atoms with Crippen molar-refractivity contribution >= 4 is 28.8 Å². The summed E-state index contributed by atoms with van der Waals surface area (Å²) in [5.74, 6) is 0. The third-order valence-corrected chi connectivity index (χ3v) is 5.60. The number of ether oxygens (including phenoxy) is 1. The quantitative estimate of drug-likeness (QED) is 0.681. The smallest absolute Gasteiger partial charge is 0.294 e. The Balaban J connectivity index is 2.16. The maximum atomic E-state index is 11.0. The van der Waals surface area contributed by atoms with Crippen molar-refractivity contribution in [1.29, 1.82) is 0 Å². The lowest BCUT2D eigenvalue weighted by molar-refractivity contribution is -0.387. The molecule has 1 aliphatic heterocycles. The lowest BCUT2D eigenvalue weighted by atomic mass is 10.2. The fraction of sp³-hybridized carbons (Fsp3) is 0.636. The van der Waals surface area contributed by atoms with Crippen LogP contribution in [0.3, 0.4) is 0 Å². The molecule has 1 N–H and O–H groups in total. The van der Waals surface area contributed by atoms with Gasteiger partial charge in [0.15, 0.2) is 0 Å². The second-order valence-electron chi connectivity index (χ2n) is 4.18. The van der Waals surface area contributed by atoms with Crippen molar-refractivity contribution < 1.29 is 14.8 Å². The van der Waals surface area contributed by atoms with Gasteiger partial charge in [-0.2, -0.15) is 0 Å². The molecule has 1 aromatic rings. The van der Waals surface area contributed by atoms with Crippen LogP contribution in [0.4, 0.5) is 5.69 Å². The molecule has 1 saturated heterocycles. The Labute approximate surface area is 113 Å². The molecule has 1 unspecified atom stereocenters.